The van der Waals surface area contributed by atoms with Crippen LogP contribution in [0.5, 0.6) is 0 Å². The molecule has 1 fully saturated rings. The van der Waals surface area contributed by atoms with E-state index < -0.39 is 5.76 Å². The smallest absolute Gasteiger partial charge is 0.408 e. The van der Waals surface area contributed by atoms with Crippen molar-refractivity contribution in [3.8, 4) is 0 Å². The molecule has 0 spiro atoms. The maximum absolute atomic E-state index is 13.8. The van der Waals surface area contributed by atoms with E-state index in [2.05, 4.69) is 9.88 Å². The molecule has 146 valence electrons. The standard InChI is InChI=1S/C22H23FN2O3/c23-18-4-2-1-3-16(18)13-15-7-10-25(11-8-15)12-9-20(26)17-5-6-19-21(14-17)28-22(27)24-19/h1-6,14-15H,7-13H2,(H,24,27). The molecule has 1 N–H and O–H groups in total. The monoisotopic (exact) mass is 382 g/mol. The number of H-pyrrole nitrogens is 1. The molecular weight excluding hydrogens is 359 g/mol. The Hall–Kier alpha value is -2.73. The van der Waals surface area contributed by atoms with Gasteiger partial charge in [0.05, 0.1) is 5.52 Å². The van der Waals surface area contributed by atoms with Crippen LogP contribution in [-0.4, -0.2) is 35.3 Å². The predicted octanol–water partition coefficient (Wildman–Crippen LogP) is 3.79. The van der Waals surface area contributed by atoms with Crippen LogP contribution < -0.4 is 5.76 Å². The van der Waals surface area contributed by atoms with Crippen LogP contribution in [0.3, 0.4) is 0 Å². The highest BCUT2D eigenvalue weighted by Gasteiger charge is 2.21. The van der Waals surface area contributed by atoms with E-state index in [0.29, 0.717) is 35.5 Å². The summed E-state index contributed by atoms with van der Waals surface area (Å²) in [5.74, 6) is -0.106. The predicted molar refractivity (Wildman–Crippen MR) is 105 cm³/mol. The van der Waals surface area contributed by atoms with Crippen molar-refractivity contribution in [3.63, 3.8) is 0 Å². The number of ketones is 1. The quantitative estimate of drug-likeness (QED) is 0.659. The minimum atomic E-state index is -0.516. The van der Waals surface area contributed by atoms with Crippen molar-refractivity contribution >= 4 is 16.9 Å². The molecule has 0 aliphatic carbocycles. The van der Waals surface area contributed by atoms with E-state index in [-0.39, 0.29) is 11.6 Å². The number of oxazole rings is 1. The summed E-state index contributed by atoms with van der Waals surface area (Å²) in [4.78, 5) is 28.6. The number of rotatable bonds is 6. The van der Waals surface area contributed by atoms with Crippen molar-refractivity contribution in [2.75, 3.05) is 19.6 Å². The van der Waals surface area contributed by atoms with E-state index >= 15 is 0 Å². The second-order valence-corrected chi connectivity index (χ2v) is 7.48. The van der Waals surface area contributed by atoms with Gasteiger partial charge in [-0.25, -0.2) is 9.18 Å². The minimum Gasteiger partial charge on any atom is -0.408 e. The number of aromatic nitrogens is 1. The third kappa shape index (κ3) is 4.22. The summed E-state index contributed by atoms with van der Waals surface area (Å²) in [7, 11) is 0. The SMILES string of the molecule is O=C(CCN1CCC(Cc2ccccc2F)CC1)c1ccc2[nH]c(=O)oc2c1. The van der Waals surface area contributed by atoms with Gasteiger partial charge < -0.3 is 9.32 Å². The summed E-state index contributed by atoms with van der Waals surface area (Å²) in [6.07, 6.45) is 3.24. The zero-order valence-corrected chi connectivity index (χ0v) is 15.6. The van der Waals surface area contributed by atoms with Gasteiger partial charge in [0.1, 0.15) is 5.82 Å². The highest BCUT2D eigenvalue weighted by Crippen LogP contribution is 2.23. The second kappa shape index (κ2) is 8.10. The first-order chi connectivity index (χ1) is 13.6. The number of carbonyl (C=O) groups excluding carboxylic acids is 1. The Labute approximate surface area is 162 Å². The van der Waals surface area contributed by atoms with Crippen LogP contribution in [0, 0.1) is 11.7 Å². The summed E-state index contributed by atoms with van der Waals surface area (Å²) in [6, 6.07) is 12.0. The molecule has 28 heavy (non-hydrogen) atoms. The Morgan fingerprint density at radius 3 is 2.75 bits per heavy atom. The largest absolute Gasteiger partial charge is 0.417 e. The van der Waals surface area contributed by atoms with Crippen LogP contribution >= 0.6 is 0 Å². The fraction of sp³-hybridized carbons (Fsp3) is 0.364. The normalized spacial score (nSPS) is 15.9. The van der Waals surface area contributed by atoms with Gasteiger partial charge in [-0.1, -0.05) is 18.2 Å². The summed E-state index contributed by atoms with van der Waals surface area (Å²) in [5, 5.41) is 0. The number of hydrogen-bond donors (Lipinski definition) is 1. The molecule has 1 saturated heterocycles. The van der Waals surface area contributed by atoms with Gasteiger partial charge in [-0.2, -0.15) is 0 Å². The summed E-state index contributed by atoms with van der Waals surface area (Å²) in [5.41, 5.74) is 2.36. The van der Waals surface area contributed by atoms with E-state index in [0.717, 1.165) is 37.9 Å². The second-order valence-electron chi connectivity index (χ2n) is 7.48. The van der Waals surface area contributed by atoms with Crippen LogP contribution in [0.15, 0.2) is 51.7 Å². The molecule has 0 amide bonds. The number of hydrogen-bond acceptors (Lipinski definition) is 4. The highest BCUT2D eigenvalue weighted by atomic mass is 19.1. The van der Waals surface area contributed by atoms with E-state index in [4.69, 9.17) is 4.42 Å². The van der Waals surface area contributed by atoms with Gasteiger partial charge in [-0.15, -0.1) is 0 Å². The van der Waals surface area contributed by atoms with Crippen molar-refractivity contribution in [1.29, 1.82) is 0 Å². The number of nitrogens with zero attached hydrogens (tertiary/aromatic N) is 1. The van der Waals surface area contributed by atoms with Crippen LogP contribution in [0.4, 0.5) is 4.39 Å². The number of halogens is 1. The summed E-state index contributed by atoms with van der Waals surface area (Å²) in [6.45, 7) is 2.57. The molecule has 3 aromatic rings. The molecule has 6 heteroatoms. The number of Topliss-reactive ketones (excluding diaryl/α,β-unsaturated/α-hetero) is 1. The maximum atomic E-state index is 13.8. The van der Waals surface area contributed by atoms with Gasteiger partial charge in [0.15, 0.2) is 11.4 Å². The van der Waals surface area contributed by atoms with Crippen LogP contribution in [0.2, 0.25) is 0 Å². The van der Waals surface area contributed by atoms with Gasteiger partial charge in [-0.05, 0) is 68.1 Å². The molecule has 0 bridgehead atoms. The van der Waals surface area contributed by atoms with Gasteiger partial charge in [0, 0.05) is 18.5 Å². The number of aromatic amines is 1. The highest BCUT2D eigenvalue weighted by molar-refractivity contribution is 5.98. The topological polar surface area (TPSA) is 66.3 Å². The first-order valence-corrected chi connectivity index (χ1v) is 9.70. The molecular formula is C22H23FN2O3. The fourth-order valence-corrected chi connectivity index (χ4v) is 3.91. The van der Waals surface area contributed by atoms with E-state index in [9.17, 15) is 14.0 Å². The number of fused-ring (bicyclic) bond motifs is 1. The number of piperidine rings is 1. The third-order valence-corrected chi connectivity index (χ3v) is 5.57. The Morgan fingerprint density at radius 2 is 1.96 bits per heavy atom. The molecule has 0 atom stereocenters. The first kappa shape index (κ1) is 18.6. The van der Waals surface area contributed by atoms with Gasteiger partial charge >= 0.3 is 5.76 Å². The number of benzene rings is 2. The molecule has 1 aliphatic heterocycles. The maximum Gasteiger partial charge on any atom is 0.417 e. The molecule has 2 aromatic carbocycles. The van der Waals surface area contributed by atoms with E-state index in [1.165, 1.54) is 6.07 Å². The van der Waals surface area contributed by atoms with Crippen LogP contribution in [0.1, 0.15) is 35.2 Å². The lowest BCUT2D eigenvalue weighted by Crippen LogP contribution is -2.35. The average Bonchev–Trinajstić information content (AvgIpc) is 3.08. The minimum absolute atomic E-state index is 0.0410. The molecule has 0 unspecified atom stereocenters. The van der Waals surface area contributed by atoms with E-state index in [1.807, 2.05) is 12.1 Å². The molecule has 1 aromatic heterocycles. The van der Waals surface area contributed by atoms with Crippen LogP contribution in [-0.2, 0) is 6.42 Å². The van der Waals surface area contributed by atoms with Gasteiger partial charge in [-0.3, -0.25) is 9.78 Å². The Morgan fingerprint density at radius 1 is 1.18 bits per heavy atom. The first-order valence-electron chi connectivity index (χ1n) is 9.70. The fourth-order valence-electron chi connectivity index (χ4n) is 3.91. The average molecular weight is 382 g/mol. The summed E-state index contributed by atoms with van der Waals surface area (Å²) < 4.78 is 18.8. The lowest BCUT2D eigenvalue weighted by molar-refractivity contribution is 0.0951. The molecule has 2 heterocycles. The van der Waals surface area contributed by atoms with Crippen molar-refractivity contribution in [2.24, 2.45) is 5.92 Å². The third-order valence-electron chi connectivity index (χ3n) is 5.57. The zero-order valence-electron chi connectivity index (χ0n) is 15.6. The Kier molecular flexibility index (Phi) is 5.39. The molecule has 4 rings (SSSR count). The molecule has 5 nitrogen and oxygen atoms in total. The summed E-state index contributed by atoms with van der Waals surface area (Å²) >= 11 is 0. The van der Waals surface area contributed by atoms with Crippen molar-refractivity contribution < 1.29 is 13.6 Å². The van der Waals surface area contributed by atoms with Crippen molar-refractivity contribution in [1.82, 2.24) is 9.88 Å². The van der Waals surface area contributed by atoms with Gasteiger partial charge in [0.2, 0.25) is 0 Å². The number of nitrogens with one attached hydrogen (secondary N) is 1. The molecule has 1 aliphatic rings. The zero-order chi connectivity index (χ0) is 19.5. The lowest BCUT2D eigenvalue weighted by atomic mass is 9.90. The van der Waals surface area contributed by atoms with Crippen molar-refractivity contribution in [3.05, 3.63) is 70.0 Å². The Balaban J connectivity index is 1.27. The number of likely N-dealkylation sites (tertiary alicyclic amines) is 1. The Bertz CT molecular complexity index is 1030. The molecule has 0 radical (unpaired) electrons. The molecule has 0 saturated carbocycles. The van der Waals surface area contributed by atoms with Crippen molar-refractivity contribution in [2.45, 2.75) is 25.7 Å². The van der Waals surface area contributed by atoms with E-state index in [1.54, 1.807) is 24.3 Å². The number of carbonyl (C=O) groups is 1. The lowest BCUT2D eigenvalue weighted by Gasteiger charge is -2.31. The van der Waals surface area contributed by atoms with Crippen LogP contribution in [0.25, 0.3) is 11.1 Å². The van der Waals surface area contributed by atoms with Gasteiger partial charge in [0.25, 0.3) is 0 Å².